The van der Waals surface area contributed by atoms with Crippen molar-refractivity contribution < 1.29 is 9.63 Å². The lowest BCUT2D eigenvalue weighted by molar-refractivity contribution is -0.128. The van der Waals surface area contributed by atoms with Crippen LogP contribution < -0.4 is 0 Å². The topological polar surface area (TPSA) is 41.9 Å². The minimum Gasteiger partial charge on any atom is -0.387 e. The number of carbonyl (C=O) groups excluding carboxylic acids is 1. The number of hydrogen-bond donors (Lipinski definition) is 0. The highest BCUT2D eigenvalue weighted by atomic mass is 16.6. The summed E-state index contributed by atoms with van der Waals surface area (Å²) >= 11 is 0. The van der Waals surface area contributed by atoms with E-state index in [0.717, 1.165) is 5.71 Å². The number of allylic oxidation sites excluding steroid dienone is 2. The molecule has 0 bridgehead atoms. The largest absolute Gasteiger partial charge is 0.387 e. The highest BCUT2D eigenvalue weighted by Crippen LogP contribution is 2.30. The summed E-state index contributed by atoms with van der Waals surface area (Å²) in [5.74, 6) is 0.243. The van der Waals surface area contributed by atoms with Gasteiger partial charge in [-0.05, 0) is 20.2 Å². The van der Waals surface area contributed by atoms with E-state index in [1.807, 2.05) is 58.0 Å². The molecular formula is C15H22N2O2. The number of fused-ring (bicyclic) bond motifs is 1. The van der Waals surface area contributed by atoms with E-state index in [2.05, 4.69) is 11.2 Å². The lowest BCUT2D eigenvalue weighted by atomic mass is 9.80. The smallest absolute Gasteiger partial charge is 0.161 e. The number of oxime groups is 1. The first-order valence-corrected chi connectivity index (χ1v) is 6.61. The molecule has 0 aromatic heterocycles. The Bertz CT molecular complexity index is 455. The summed E-state index contributed by atoms with van der Waals surface area (Å²) in [6.07, 6.45) is 7.92. The molecule has 1 aliphatic carbocycles. The highest BCUT2D eigenvalue weighted by Gasteiger charge is 2.42. The van der Waals surface area contributed by atoms with Crippen LogP contribution in [0.3, 0.4) is 0 Å². The lowest BCUT2D eigenvalue weighted by Crippen LogP contribution is -2.49. The second-order valence-corrected chi connectivity index (χ2v) is 6.36. The molecule has 1 aliphatic heterocycles. The zero-order valence-corrected chi connectivity index (χ0v) is 12.3. The maximum atomic E-state index is 12.6. The normalized spacial score (nSPS) is 26.9. The van der Waals surface area contributed by atoms with E-state index in [4.69, 9.17) is 4.84 Å². The van der Waals surface area contributed by atoms with Crippen LogP contribution in [0.25, 0.3) is 0 Å². The van der Waals surface area contributed by atoms with Gasteiger partial charge in [0.1, 0.15) is 6.04 Å². The van der Waals surface area contributed by atoms with Crippen molar-refractivity contribution >= 4 is 11.5 Å². The quantitative estimate of drug-likeness (QED) is 0.781. The number of likely N-dealkylation sites (N-methyl/N-ethyl adjacent to an activating group) is 1. The van der Waals surface area contributed by atoms with E-state index >= 15 is 0 Å². The Kier molecular flexibility index (Phi) is 3.63. The summed E-state index contributed by atoms with van der Waals surface area (Å²) in [6, 6.07) is -0.328. The van der Waals surface area contributed by atoms with Gasteiger partial charge in [-0.3, -0.25) is 9.69 Å². The molecule has 0 aromatic carbocycles. The van der Waals surface area contributed by atoms with Gasteiger partial charge in [0.05, 0.1) is 11.6 Å². The van der Waals surface area contributed by atoms with Crippen LogP contribution in [0, 0.1) is 11.3 Å². The van der Waals surface area contributed by atoms with E-state index in [1.165, 1.54) is 0 Å². The number of Topliss-reactive ketones (excluding diaryl/α,β-unsaturated/α-hetero) is 1. The second kappa shape index (κ2) is 4.93. The third kappa shape index (κ3) is 2.63. The Labute approximate surface area is 114 Å². The van der Waals surface area contributed by atoms with Crippen LogP contribution in [0.2, 0.25) is 0 Å². The van der Waals surface area contributed by atoms with E-state index < -0.39 is 5.41 Å². The SMILES string of the molecule is CN(C)C(C(=O)C(C)(C)C)C1=NOC2C=CC=CC12. The highest BCUT2D eigenvalue weighted by molar-refractivity contribution is 6.12. The molecule has 3 unspecified atom stereocenters. The third-order valence-corrected chi connectivity index (χ3v) is 3.49. The van der Waals surface area contributed by atoms with Crippen LogP contribution in [-0.4, -0.2) is 42.6 Å². The molecule has 2 aliphatic rings. The van der Waals surface area contributed by atoms with Crippen molar-refractivity contribution in [1.82, 2.24) is 4.90 Å². The molecule has 2 rings (SSSR count). The lowest BCUT2D eigenvalue weighted by Gasteiger charge is -2.30. The first-order valence-electron chi connectivity index (χ1n) is 6.61. The maximum absolute atomic E-state index is 12.6. The molecule has 0 radical (unpaired) electrons. The fraction of sp³-hybridized carbons (Fsp3) is 0.600. The first-order chi connectivity index (χ1) is 8.82. The zero-order valence-electron chi connectivity index (χ0n) is 12.3. The zero-order chi connectivity index (χ0) is 14.2. The fourth-order valence-corrected chi connectivity index (χ4v) is 2.41. The van der Waals surface area contributed by atoms with Crippen LogP contribution in [0.15, 0.2) is 29.5 Å². The Balaban J connectivity index is 2.29. The molecule has 0 saturated heterocycles. The fourth-order valence-electron chi connectivity index (χ4n) is 2.41. The van der Waals surface area contributed by atoms with Crippen LogP contribution >= 0.6 is 0 Å². The summed E-state index contributed by atoms with van der Waals surface area (Å²) in [4.78, 5) is 20.0. The maximum Gasteiger partial charge on any atom is 0.161 e. The van der Waals surface area contributed by atoms with Crippen molar-refractivity contribution in [1.29, 1.82) is 0 Å². The average Bonchev–Trinajstić information content (AvgIpc) is 2.72. The number of hydrogen-bond acceptors (Lipinski definition) is 4. The van der Waals surface area contributed by atoms with Crippen molar-refractivity contribution in [3.8, 4) is 0 Å². The molecule has 0 saturated carbocycles. The average molecular weight is 262 g/mol. The van der Waals surface area contributed by atoms with Gasteiger partial charge in [0, 0.05) is 5.41 Å². The molecule has 0 spiro atoms. The van der Waals surface area contributed by atoms with Crippen molar-refractivity contribution in [2.24, 2.45) is 16.5 Å². The van der Waals surface area contributed by atoms with Crippen LogP contribution in [0.1, 0.15) is 20.8 Å². The van der Waals surface area contributed by atoms with Crippen molar-refractivity contribution in [2.45, 2.75) is 32.9 Å². The van der Waals surface area contributed by atoms with Gasteiger partial charge in [0.2, 0.25) is 0 Å². The third-order valence-electron chi connectivity index (χ3n) is 3.49. The Morgan fingerprint density at radius 3 is 2.53 bits per heavy atom. The number of carbonyl (C=O) groups is 1. The van der Waals surface area contributed by atoms with Crippen LogP contribution in [0.4, 0.5) is 0 Å². The van der Waals surface area contributed by atoms with E-state index in [0.29, 0.717) is 0 Å². The molecule has 0 aromatic rings. The summed E-state index contributed by atoms with van der Waals surface area (Å²) in [7, 11) is 3.82. The second-order valence-electron chi connectivity index (χ2n) is 6.36. The summed E-state index contributed by atoms with van der Waals surface area (Å²) in [6.45, 7) is 5.82. The van der Waals surface area contributed by atoms with Gasteiger partial charge in [0.25, 0.3) is 0 Å². The van der Waals surface area contributed by atoms with Gasteiger partial charge in [-0.25, -0.2) is 0 Å². The summed E-state index contributed by atoms with van der Waals surface area (Å²) in [5, 5.41) is 4.19. The van der Waals surface area contributed by atoms with Crippen molar-refractivity contribution in [2.75, 3.05) is 14.1 Å². The predicted octanol–water partition coefficient (Wildman–Crippen LogP) is 2.03. The van der Waals surface area contributed by atoms with Gasteiger partial charge >= 0.3 is 0 Å². The predicted molar refractivity (Wildman–Crippen MR) is 76.0 cm³/mol. The molecule has 1 heterocycles. The Hall–Kier alpha value is -1.42. The Morgan fingerprint density at radius 2 is 1.95 bits per heavy atom. The minimum absolute atomic E-state index is 0.0600. The van der Waals surface area contributed by atoms with Gasteiger partial charge in [-0.15, -0.1) is 0 Å². The summed E-state index contributed by atoms with van der Waals surface area (Å²) < 4.78 is 0. The van der Waals surface area contributed by atoms with Gasteiger partial charge in [0.15, 0.2) is 11.9 Å². The molecule has 4 nitrogen and oxygen atoms in total. The minimum atomic E-state index is -0.399. The molecule has 0 fully saturated rings. The molecule has 0 N–H and O–H groups in total. The van der Waals surface area contributed by atoms with Crippen LogP contribution in [-0.2, 0) is 9.63 Å². The first kappa shape index (κ1) is 14.0. The van der Waals surface area contributed by atoms with E-state index in [9.17, 15) is 4.79 Å². The van der Waals surface area contributed by atoms with Crippen LogP contribution in [0.5, 0.6) is 0 Å². The number of ketones is 1. The number of nitrogens with zero attached hydrogens (tertiary/aromatic N) is 2. The molecule has 3 atom stereocenters. The molecule has 0 amide bonds. The van der Waals surface area contributed by atoms with E-state index in [-0.39, 0.29) is 23.8 Å². The van der Waals surface area contributed by atoms with Gasteiger partial charge in [-0.2, -0.15) is 0 Å². The van der Waals surface area contributed by atoms with E-state index in [1.54, 1.807) is 0 Å². The Morgan fingerprint density at radius 1 is 1.32 bits per heavy atom. The van der Waals surface area contributed by atoms with Gasteiger partial charge in [-0.1, -0.05) is 44.2 Å². The standard InChI is InChI=1S/C15H22N2O2/c1-15(2,3)14(18)13(17(4)5)12-10-8-6-7-9-11(10)19-16-12/h6-11,13H,1-5H3. The summed E-state index contributed by atoms with van der Waals surface area (Å²) in [5.41, 5.74) is 0.416. The molecule has 104 valence electrons. The molecule has 4 heteroatoms. The molecule has 19 heavy (non-hydrogen) atoms. The van der Waals surface area contributed by atoms with Crippen molar-refractivity contribution in [3.63, 3.8) is 0 Å². The van der Waals surface area contributed by atoms with Gasteiger partial charge < -0.3 is 4.84 Å². The molecular weight excluding hydrogens is 240 g/mol. The van der Waals surface area contributed by atoms with Crippen molar-refractivity contribution in [3.05, 3.63) is 24.3 Å². The number of rotatable bonds is 3. The monoisotopic (exact) mass is 262 g/mol.